The summed E-state index contributed by atoms with van der Waals surface area (Å²) in [5, 5.41) is 0. The maximum Gasteiger partial charge on any atom is 0.118 e. The Kier molecular flexibility index (Phi) is 7.99. The normalized spacial score (nSPS) is 10.6. The Morgan fingerprint density at radius 1 is 0.359 bits per heavy atom. The summed E-state index contributed by atoms with van der Waals surface area (Å²) in [7, 11) is 6.74. The minimum Gasteiger partial charge on any atom is -0.497 e. The van der Waals surface area contributed by atoms with Gasteiger partial charge in [-0.1, -0.05) is 48.5 Å². The lowest BCUT2D eigenvalue weighted by molar-refractivity contribution is 0.414. The predicted molar refractivity (Wildman–Crippen MR) is 159 cm³/mol. The molecule has 0 aliphatic carbocycles. The summed E-state index contributed by atoms with van der Waals surface area (Å²) < 4.78 is 24.0. The third kappa shape index (κ3) is 5.69. The molecule has 39 heavy (non-hydrogen) atoms. The molecule has 0 N–H and O–H groups in total. The van der Waals surface area contributed by atoms with Crippen molar-refractivity contribution in [3.05, 3.63) is 141 Å². The summed E-state index contributed by atoms with van der Waals surface area (Å²) >= 11 is 1.77. The molecule has 0 saturated carbocycles. The first-order chi connectivity index (χ1) is 19.1. The smallest absolute Gasteiger partial charge is 0.118 e. The molecule has 0 atom stereocenters. The van der Waals surface area contributed by atoms with Crippen molar-refractivity contribution in [3.8, 4) is 23.0 Å². The van der Waals surface area contributed by atoms with Crippen molar-refractivity contribution in [1.29, 1.82) is 0 Å². The van der Waals surface area contributed by atoms with E-state index in [1.807, 2.05) is 48.5 Å². The van der Waals surface area contributed by atoms with Crippen LogP contribution in [0.15, 0.2) is 109 Å². The van der Waals surface area contributed by atoms with Gasteiger partial charge in [0.15, 0.2) is 0 Å². The van der Waals surface area contributed by atoms with Gasteiger partial charge < -0.3 is 18.9 Å². The lowest BCUT2D eigenvalue weighted by Gasteiger charge is -2.10. The lowest BCUT2D eigenvalue weighted by Crippen LogP contribution is -2.06. The van der Waals surface area contributed by atoms with Gasteiger partial charge in [0, 0.05) is 20.2 Å². The number of thiophene rings is 1. The molecule has 0 unspecified atom stereocenters. The van der Waals surface area contributed by atoms with E-state index in [4.69, 9.17) is 18.9 Å². The van der Waals surface area contributed by atoms with Crippen LogP contribution in [-0.4, -0.2) is 28.4 Å². The summed E-state index contributed by atoms with van der Waals surface area (Å²) in [6.45, 7) is 0. The highest BCUT2D eigenvalue weighted by atomic mass is 32.1. The Morgan fingerprint density at radius 3 is 0.795 bits per heavy atom. The fourth-order valence-corrected chi connectivity index (χ4v) is 5.72. The highest BCUT2D eigenvalue weighted by Crippen LogP contribution is 2.27. The molecule has 1 heterocycles. The molecule has 0 bridgehead atoms. The maximum atomic E-state index is 5.41. The Labute approximate surface area is 233 Å². The third-order valence-corrected chi connectivity index (χ3v) is 7.73. The second kappa shape index (κ2) is 11.9. The molecule has 1 aromatic heterocycles. The van der Waals surface area contributed by atoms with E-state index in [9.17, 15) is 0 Å². The minimum atomic E-state index is 0.828. The monoisotopic (exact) mass is 534 g/mol. The molecule has 0 radical (unpaired) electrons. The van der Waals surface area contributed by atoms with Crippen LogP contribution < -0.4 is 28.0 Å². The van der Waals surface area contributed by atoms with Crippen molar-refractivity contribution in [2.45, 2.75) is 0 Å². The standard InChI is InChI=1S/C34H30O4S/c1-35-27-13-5-23(6-14-27)33(24-7-15-28(36-2)16-8-24)31-21-22-32(39-31)34(25-9-17-29(37-3)18-10-25)26-11-19-30(38-4)20-12-26/h5-22H,1-4H3. The zero-order chi connectivity index (χ0) is 27.2. The van der Waals surface area contributed by atoms with Gasteiger partial charge in [-0.25, -0.2) is 0 Å². The molecule has 196 valence electrons. The van der Waals surface area contributed by atoms with Gasteiger partial charge in [0.05, 0.1) is 28.4 Å². The average molecular weight is 535 g/mol. The summed E-state index contributed by atoms with van der Waals surface area (Å²) in [5.74, 6) is 3.31. The number of hydrogen-bond acceptors (Lipinski definition) is 5. The van der Waals surface area contributed by atoms with Gasteiger partial charge in [0.2, 0.25) is 0 Å². The SMILES string of the molecule is COc1ccc(C(c2ccc(OC)cc2)=c2ccc(=C(c3ccc(OC)cc3)c3ccc(OC)cc3)s2)cc1. The van der Waals surface area contributed by atoms with E-state index in [2.05, 4.69) is 60.7 Å². The topological polar surface area (TPSA) is 36.9 Å². The van der Waals surface area contributed by atoms with Crippen molar-refractivity contribution >= 4 is 22.5 Å². The number of benzene rings is 4. The number of rotatable bonds is 8. The largest absolute Gasteiger partial charge is 0.497 e. The molecule has 5 heteroatoms. The van der Waals surface area contributed by atoms with Gasteiger partial charge in [-0.3, -0.25) is 0 Å². The molecule has 4 nitrogen and oxygen atoms in total. The highest BCUT2D eigenvalue weighted by Gasteiger charge is 2.12. The van der Waals surface area contributed by atoms with Gasteiger partial charge in [-0.2, -0.15) is 0 Å². The Bertz CT molecular complexity index is 1420. The van der Waals surface area contributed by atoms with Crippen LogP contribution in [-0.2, 0) is 0 Å². The van der Waals surface area contributed by atoms with E-state index in [1.165, 1.54) is 9.06 Å². The van der Waals surface area contributed by atoms with E-state index in [0.29, 0.717) is 0 Å². The van der Waals surface area contributed by atoms with Gasteiger partial charge in [-0.05, 0) is 82.9 Å². The van der Waals surface area contributed by atoms with Crippen molar-refractivity contribution < 1.29 is 18.9 Å². The van der Waals surface area contributed by atoms with Gasteiger partial charge in [0.25, 0.3) is 0 Å². The molecular weight excluding hydrogens is 504 g/mol. The second-order valence-corrected chi connectivity index (χ2v) is 9.91. The predicted octanol–water partition coefficient (Wildman–Crippen LogP) is 6.28. The number of hydrogen-bond donors (Lipinski definition) is 0. The van der Waals surface area contributed by atoms with Gasteiger partial charge in [-0.15, -0.1) is 11.3 Å². The quantitative estimate of drug-likeness (QED) is 0.235. The molecule has 5 aromatic rings. The Balaban J connectivity index is 1.77. The van der Waals surface area contributed by atoms with Crippen molar-refractivity contribution in [3.63, 3.8) is 0 Å². The maximum absolute atomic E-state index is 5.41. The summed E-state index contributed by atoms with van der Waals surface area (Å²) in [5.41, 5.74) is 6.77. The zero-order valence-corrected chi connectivity index (χ0v) is 23.3. The summed E-state index contributed by atoms with van der Waals surface area (Å²) in [6, 6.07) is 37.3. The minimum absolute atomic E-state index is 0.828. The molecule has 0 amide bonds. The fraction of sp³-hybridized carbons (Fsp3) is 0.118. The van der Waals surface area contributed by atoms with Crippen LogP contribution in [0.1, 0.15) is 22.3 Å². The summed E-state index contributed by atoms with van der Waals surface area (Å²) in [4.78, 5) is 0. The molecule has 0 spiro atoms. The molecule has 5 rings (SSSR count). The molecule has 0 aliphatic rings. The second-order valence-electron chi connectivity index (χ2n) is 8.83. The first-order valence-electron chi connectivity index (χ1n) is 12.6. The van der Waals surface area contributed by atoms with Crippen LogP contribution in [0, 0.1) is 0 Å². The zero-order valence-electron chi connectivity index (χ0n) is 22.4. The first-order valence-corrected chi connectivity index (χ1v) is 13.4. The Hall–Kier alpha value is -4.48. The van der Waals surface area contributed by atoms with Crippen LogP contribution in [0.3, 0.4) is 0 Å². The van der Waals surface area contributed by atoms with Crippen LogP contribution in [0.4, 0.5) is 0 Å². The number of ether oxygens (including phenoxy) is 4. The summed E-state index contributed by atoms with van der Waals surface area (Å²) in [6.07, 6.45) is 0. The van der Waals surface area contributed by atoms with Gasteiger partial charge >= 0.3 is 0 Å². The van der Waals surface area contributed by atoms with E-state index < -0.39 is 0 Å². The van der Waals surface area contributed by atoms with E-state index >= 15 is 0 Å². The van der Waals surface area contributed by atoms with Crippen molar-refractivity contribution in [2.75, 3.05) is 28.4 Å². The Morgan fingerprint density at radius 2 is 0.590 bits per heavy atom. The van der Waals surface area contributed by atoms with E-state index in [0.717, 1.165) is 56.4 Å². The van der Waals surface area contributed by atoms with E-state index in [1.54, 1.807) is 39.8 Å². The average Bonchev–Trinajstić information content (AvgIpc) is 3.47. The molecule has 0 aliphatic heterocycles. The van der Waals surface area contributed by atoms with Crippen LogP contribution in [0.2, 0.25) is 0 Å². The van der Waals surface area contributed by atoms with Crippen molar-refractivity contribution in [2.24, 2.45) is 0 Å². The van der Waals surface area contributed by atoms with Crippen LogP contribution >= 0.6 is 11.3 Å². The highest BCUT2D eigenvalue weighted by molar-refractivity contribution is 7.08. The lowest BCUT2D eigenvalue weighted by atomic mass is 9.97. The van der Waals surface area contributed by atoms with Crippen LogP contribution in [0.25, 0.3) is 11.1 Å². The van der Waals surface area contributed by atoms with Crippen molar-refractivity contribution in [1.82, 2.24) is 0 Å². The van der Waals surface area contributed by atoms with E-state index in [-0.39, 0.29) is 0 Å². The fourth-order valence-electron chi connectivity index (χ4n) is 4.54. The number of methoxy groups -OCH3 is 4. The molecular formula is C34H30O4S. The molecule has 0 saturated heterocycles. The molecule has 0 fully saturated rings. The first kappa shape index (κ1) is 26.1. The van der Waals surface area contributed by atoms with Crippen LogP contribution in [0.5, 0.6) is 23.0 Å². The molecule has 4 aromatic carbocycles. The van der Waals surface area contributed by atoms with Gasteiger partial charge in [0.1, 0.15) is 23.0 Å². The third-order valence-electron chi connectivity index (χ3n) is 6.61.